The van der Waals surface area contributed by atoms with Gasteiger partial charge >= 0.3 is 6.18 Å². The maximum absolute atomic E-state index is 14.9. The molecule has 4 rings (SSSR count). The first-order chi connectivity index (χ1) is 17.3. The number of fused-ring (bicyclic) bond motifs is 1. The lowest BCUT2D eigenvalue weighted by Gasteiger charge is -2.35. The standard InChI is InChI=1S/C24H19ClF4N2O5S/c1-13-5-7-15(8-6-13)37(34,35)31-11-14(12-32)36-21-9-18(26)19(10-20(21)31)30-23(33)22-16(24(27,28)29)3-2-4-17(22)25/h2-10,14,32H,11-12H2,1H3,(H,30,33). The van der Waals surface area contributed by atoms with E-state index in [0.717, 1.165) is 34.1 Å². The van der Waals surface area contributed by atoms with Crippen LogP contribution in [0.3, 0.4) is 0 Å². The fraction of sp³-hybridized carbons (Fsp3) is 0.208. The molecule has 0 spiro atoms. The number of alkyl halides is 3. The number of rotatable bonds is 5. The number of halogens is 5. The highest BCUT2D eigenvalue weighted by Gasteiger charge is 2.38. The number of benzene rings is 3. The number of aryl methyl sites for hydroxylation is 1. The number of amides is 1. The number of aliphatic hydroxyl groups is 1. The van der Waals surface area contributed by atoms with Crippen molar-refractivity contribution < 1.29 is 40.6 Å². The summed E-state index contributed by atoms with van der Waals surface area (Å²) < 4.78 is 88.5. The molecule has 0 saturated heterocycles. The van der Waals surface area contributed by atoms with E-state index in [2.05, 4.69) is 0 Å². The smallest absolute Gasteiger partial charge is 0.417 e. The average Bonchev–Trinajstić information content (AvgIpc) is 2.83. The summed E-state index contributed by atoms with van der Waals surface area (Å²) in [5, 5.41) is 11.1. The third-order valence-corrected chi connectivity index (χ3v) is 7.70. The molecule has 1 atom stereocenters. The van der Waals surface area contributed by atoms with E-state index in [1.807, 2.05) is 5.32 Å². The summed E-state index contributed by atoms with van der Waals surface area (Å²) in [4.78, 5) is 12.7. The highest BCUT2D eigenvalue weighted by Crippen LogP contribution is 2.41. The van der Waals surface area contributed by atoms with Crippen molar-refractivity contribution in [2.75, 3.05) is 22.8 Å². The summed E-state index contributed by atoms with van der Waals surface area (Å²) in [6.45, 7) is 0.844. The number of nitrogens with zero attached hydrogens (tertiary/aromatic N) is 1. The second kappa shape index (κ2) is 9.84. The lowest BCUT2D eigenvalue weighted by atomic mass is 10.1. The molecule has 1 unspecified atom stereocenters. The molecule has 0 saturated carbocycles. The van der Waals surface area contributed by atoms with E-state index in [1.165, 1.54) is 12.1 Å². The van der Waals surface area contributed by atoms with Gasteiger partial charge in [-0.2, -0.15) is 13.2 Å². The second-order valence-electron chi connectivity index (χ2n) is 8.19. The molecule has 0 aliphatic carbocycles. The van der Waals surface area contributed by atoms with Crippen LogP contribution in [0.5, 0.6) is 5.75 Å². The number of carbonyl (C=O) groups excluding carboxylic acids is 1. The number of nitrogens with one attached hydrogen (secondary N) is 1. The van der Waals surface area contributed by atoms with Gasteiger partial charge in [0, 0.05) is 6.07 Å². The molecule has 3 aromatic rings. The zero-order valence-electron chi connectivity index (χ0n) is 19.0. The molecule has 0 fully saturated rings. The van der Waals surface area contributed by atoms with Crippen molar-refractivity contribution >= 4 is 38.9 Å². The highest BCUT2D eigenvalue weighted by atomic mass is 35.5. The van der Waals surface area contributed by atoms with Gasteiger partial charge in [-0.3, -0.25) is 9.10 Å². The molecule has 3 aromatic carbocycles. The second-order valence-corrected chi connectivity index (χ2v) is 10.5. The number of hydrogen-bond acceptors (Lipinski definition) is 5. The van der Waals surface area contributed by atoms with Crippen LogP contribution in [0.4, 0.5) is 28.9 Å². The first-order valence-electron chi connectivity index (χ1n) is 10.7. The molecular weight excluding hydrogens is 540 g/mol. The fourth-order valence-corrected chi connectivity index (χ4v) is 5.52. The minimum Gasteiger partial charge on any atom is -0.484 e. The van der Waals surface area contributed by atoms with E-state index in [4.69, 9.17) is 16.3 Å². The predicted octanol–water partition coefficient (Wildman–Crippen LogP) is 5.01. The van der Waals surface area contributed by atoms with Gasteiger partial charge in [0.25, 0.3) is 15.9 Å². The topological polar surface area (TPSA) is 95.9 Å². The predicted molar refractivity (Wildman–Crippen MR) is 128 cm³/mol. The largest absolute Gasteiger partial charge is 0.484 e. The van der Waals surface area contributed by atoms with Crippen LogP contribution in [-0.4, -0.2) is 38.7 Å². The molecule has 0 radical (unpaired) electrons. The zero-order chi connectivity index (χ0) is 27.1. The van der Waals surface area contributed by atoms with Crippen LogP contribution in [-0.2, 0) is 16.2 Å². The van der Waals surface area contributed by atoms with Gasteiger partial charge in [0.15, 0.2) is 5.82 Å². The molecule has 0 bridgehead atoms. The van der Waals surface area contributed by atoms with E-state index in [-0.39, 0.29) is 22.9 Å². The molecule has 1 aliphatic rings. The van der Waals surface area contributed by atoms with Gasteiger partial charge in [-0.15, -0.1) is 0 Å². The van der Waals surface area contributed by atoms with Gasteiger partial charge in [0.1, 0.15) is 11.9 Å². The van der Waals surface area contributed by atoms with Crippen molar-refractivity contribution in [1.82, 2.24) is 0 Å². The number of ether oxygens (including phenoxy) is 1. The van der Waals surface area contributed by atoms with Gasteiger partial charge in [0.05, 0.1) is 45.6 Å². The minimum absolute atomic E-state index is 0.0940. The molecule has 13 heteroatoms. The Hall–Kier alpha value is -3.35. The molecule has 7 nitrogen and oxygen atoms in total. The van der Waals surface area contributed by atoms with Crippen molar-refractivity contribution in [3.63, 3.8) is 0 Å². The SMILES string of the molecule is Cc1ccc(S(=O)(=O)N2CC(CO)Oc3cc(F)c(NC(=O)c4c(Cl)cccc4C(F)(F)F)cc32)cc1. The molecule has 1 aliphatic heterocycles. The molecule has 196 valence electrons. The monoisotopic (exact) mass is 558 g/mol. The maximum atomic E-state index is 14.9. The summed E-state index contributed by atoms with van der Waals surface area (Å²) in [5.74, 6) is -2.71. The quantitative estimate of drug-likeness (QED) is 0.429. The summed E-state index contributed by atoms with van der Waals surface area (Å²) in [5.41, 5.74) is -2.23. The Labute approximate surface area is 214 Å². The Morgan fingerprint density at radius 2 is 1.86 bits per heavy atom. The Morgan fingerprint density at radius 3 is 2.49 bits per heavy atom. The molecular formula is C24H19ClF4N2O5S. The van der Waals surface area contributed by atoms with E-state index >= 15 is 0 Å². The third kappa shape index (κ3) is 5.22. The van der Waals surface area contributed by atoms with Crippen molar-refractivity contribution in [3.8, 4) is 5.75 Å². The molecule has 2 N–H and O–H groups in total. The summed E-state index contributed by atoms with van der Waals surface area (Å²) in [6.07, 6.45) is -5.94. The number of carbonyl (C=O) groups is 1. The van der Waals surface area contributed by atoms with Crippen molar-refractivity contribution in [2.45, 2.75) is 24.1 Å². The minimum atomic E-state index is -4.92. The van der Waals surface area contributed by atoms with Gasteiger partial charge in [-0.1, -0.05) is 35.4 Å². The number of anilines is 2. The fourth-order valence-electron chi connectivity index (χ4n) is 3.76. The number of sulfonamides is 1. The van der Waals surface area contributed by atoms with Crippen LogP contribution >= 0.6 is 11.6 Å². The van der Waals surface area contributed by atoms with Crippen LogP contribution in [0.25, 0.3) is 0 Å². The Balaban J connectivity index is 1.78. The molecule has 0 aromatic heterocycles. The van der Waals surface area contributed by atoms with Crippen LogP contribution in [0.2, 0.25) is 5.02 Å². The first-order valence-corrected chi connectivity index (χ1v) is 12.5. The van der Waals surface area contributed by atoms with E-state index in [1.54, 1.807) is 19.1 Å². The lowest BCUT2D eigenvalue weighted by Crippen LogP contribution is -2.45. The van der Waals surface area contributed by atoms with Crippen LogP contribution < -0.4 is 14.4 Å². The van der Waals surface area contributed by atoms with Crippen molar-refractivity contribution in [1.29, 1.82) is 0 Å². The van der Waals surface area contributed by atoms with E-state index in [9.17, 15) is 35.9 Å². The summed E-state index contributed by atoms with van der Waals surface area (Å²) in [7, 11) is -4.24. The van der Waals surface area contributed by atoms with Crippen LogP contribution in [0, 0.1) is 12.7 Å². The Bertz CT molecular complexity index is 1460. The normalized spacial score (nSPS) is 15.6. The van der Waals surface area contributed by atoms with E-state index < -0.39 is 62.5 Å². The highest BCUT2D eigenvalue weighted by molar-refractivity contribution is 7.92. The molecule has 1 heterocycles. The van der Waals surface area contributed by atoms with Crippen molar-refractivity contribution in [3.05, 3.63) is 82.1 Å². The van der Waals surface area contributed by atoms with Gasteiger partial charge in [-0.05, 0) is 37.3 Å². The summed E-state index contributed by atoms with van der Waals surface area (Å²) in [6, 6.07) is 10.4. The van der Waals surface area contributed by atoms with Gasteiger partial charge < -0.3 is 15.2 Å². The zero-order valence-corrected chi connectivity index (χ0v) is 20.6. The lowest BCUT2D eigenvalue weighted by molar-refractivity contribution is -0.137. The van der Waals surface area contributed by atoms with Gasteiger partial charge in [0.2, 0.25) is 0 Å². The third-order valence-electron chi connectivity index (χ3n) is 5.59. The van der Waals surface area contributed by atoms with Crippen LogP contribution in [0.1, 0.15) is 21.5 Å². The number of aliphatic hydroxyl groups excluding tert-OH is 1. The first kappa shape index (κ1) is 26.7. The van der Waals surface area contributed by atoms with E-state index in [0.29, 0.717) is 6.07 Å². The summed E-state index contributed by atoms with van der Waals surface area (Å²) >= 11 is 5.86. The Kier molecular flexibility index (Phi) is 7.10. The van der Waals surface area contributed by atoms with Crippen molar-refractivity contribution in [2.24, 2.45) is 0 Å². The molecule has 1 amide bonds. The average molecular weight is 559 g/mol. The molecule has 37 heavy (non-hydrogen) atoms. The Morgan fingerprint density at radius 1 is 1.19 bits per heavy atom. The van der Waals surface area contributed by atoms with Crippen LogP contribution in [0.15, 0.2) is 59.5 Å². The van der Waals surface area contributed by atoms with Gasteiger partial charge in [-0.25, -0.2) is 12.8 Å². The maximum Gasteiger partial charge on any atom is 0.417 e. The number of hydrogen-bond donors (Lipinski definition) is 2.